The lowest BCUT2D eigenvalue weighted by atomic mass is 9.77. The minimum atomic E-state index is 0.133. The molecule has 152 valence electrons. The zero-order valence-corrected chi connectivity index (χ0v) is 18.8. The van der Waals surface area contributed by atoms with Gasteiger partial charge in [0, 0.05) is 17.1 Å². The van der Waals surface area contributed by atoms with Crippen LogP contribution < -0.4 is 0 Å². The zero-order chi connectivity index (χ0) is 20.6. The molecule has 0 radical (unpaired) electrons. The molecule has 0 saturated heterocycles. The van der Waals surface area contributed by atoms with Gasteiger partial charge >= 0.3 is 0 Å². The van der Waals surface area contributed by atoms with E-state index >= 15 is 0 Å². The summed E-state index contributed by atoms with van der Waals surface area (Å²) in [6.07, 6.45) is 8.98. The second kappa shape index (κ2) is 7.94. The molecule has 0 amide bonds. The van der Waals surface area contributed by atoms with E-state index in [-0.39, 0.29) is 5.41 Å². The summed E-state index contributed by atoms with van der Waals surface area (Å²) in [4.78, 5) is 4.81. The van der Waals surface area contributed by atoms with Gasteiger partial charge in [0.2, 0.25) is 0 Å². The summed E-state index contributed by atoms with van der Waals surface area (Å²) in [6, 6.07) is 16.2. The van der Waals surface area contributed by atoms with E-state index in [1.54, 1.807) is 0 Å². The molecule has 0 spiro atoms. The lowest BCUT2D eigenvalue weighted by Gasteiger charge is -2.28. The smallest absolute Gasteiger partial charge is 0.0780 e. The van der Waals surface area contributed by atoms with Crippen molar-refractivity contribution in [3.63, 3.8) is 0 Å². The van der Waals surface area contributed by atoms with Gasteiger partial charge in [-0.15, -0.1) is 0 Å². The molecule has 29 heavy (non-hydrogen) atoms. The number of hydrogen-bond acceptors (Lipinski definition) is 1. The van der Waals surface area contributed by atoms with Crippen molar-refractivity contribution in [3.05, 3.63) is 65.4 Å². The average molecular weight is 386 g/mol. The molecule has 1 atom stereocenters. The van der Waals surface area contributed by atoms with E-state index in [2.05, 4.69) is 77.1 Å². The molecule has 1 fully saturated rings. The van der Waals surface area contributed by atoms with Crippen molar-refractivity contribution in [2.24, 2.45) is 5.92 Å². The molecule has 1 aliphatic carbocycles. The summed E-state index contributed by atoms with van der Waals surface area (Å²) in [5.41, 5.74) is 6.62. The van der Waals surface area contributed by atoms with Crippen LogP contribution in [0.15, 0.2) is 48.7 Å². The Morgan fingerprint density at radius 1 is 0.931 bits per heavy atom. The Labute approximate surface area is 176 Å². The van der Waals surface area contributed by atoms with Gasteiger partial charge in [-0.05, 0) is 71.7 Å². The van der Waals surface area contributed by atoms with E-state index in [1.165, 1.54) is 65.1 Å². The number of hydrogen-bond donors (Lipinski definition) is 0. The Morgan fingerprint density at radius 3 is 2.41 bits per heavy atom. The molecule has 2 aromatic carbocycles. The predicted octanol–water partition coefficient (Wildman–Crippen LogP) is 8.19. The third-order valence-corrected chi connectivity index (χ3v) is 6.89. The lowest BCUT2D eigenvalue weighted by Crippen LogP contribution is -2.13. The minimum Gasteiger partial charge on any atom is -0.256 e. The van der Waals surface area contributed by atoms with E-state index in [4.69, 9.17) is 4.98 Å². The third-order valence-electron chi connectivity index (χ3n) is 6.89. The minimum absolute atomic E-state index is 0.133. The van der Waals surface area contributed by atoms with Crippen LogP contribution in [0.4, 0.5) is 0 Å². The summed E-state index contributed by atoms with van der Waals surface area (Å²) < 4.78 is 0. The molecule has 1 heterocycles. The topological polar surface area (TPSA) is 12.9 Å². The van der Waals surface area contributed by atoms with Gasteiger partial charge in [0.25, 0.3) is 0 Å². The Hall–Kier alpha value is -2.15. The van der Waals surface area contributed by atoms with Crippen molar-refractivity contribution in [2.75, 3.05) is 0 Å². The maximum atomic E-state index is 4.81. The molecular weight excluding hydrogens is 350 g/mol. The number of nitrogens with zero attached hydrogens (tertiary/aromatic N) is 1. The Balaban J connectivity index is 1.75. The molecule has 0 N–H and O–H groups in total. The Kier molecular flexibility index (Phi) is 5.51. The molecule has 1 unspecified atom stereocenters. The van der Waals surface area contributed by atoms with Crippen molar-refractivity contribution in [3.8, 4) is 11.3 Å². The molecule has 4 rings (SSSR count). The quantitative estimate of drug-likeness (QED) is 0.443. The van der Waals surface area contributed by atoms with Gasteiger partial charge in [0.15, 0.2) is 0 Å². The number of pyridine rings is 1. The molecule has 1 nitrogen and oxygen atoms in total. The highest BCUT2D eigenvalue weighted by Gasteiger charge is 2.22. The highest BCUT2D eigenvalue weighted by Crippen LogP contribution is 2.38. The van der Waals surface area contributed by atoms with Crippen LogP contribution in [0.3, 0.4) is 0 Å². The predicted molar refractivity (Wildman–Crippen MR) is 126 cm³/mol. The first-order valence-electron chi connectivity index (χ1n) is 11.3. The molecule has 3 aromatic rings. The molecule has 1 aromatic heterocycles. The van der Waals surface area contributed by atoms with Crippen LogP contribution in [-0.4, -0.2) is 4.98 Å². The van der Waals surface area contributed by atoms with E-state index in [0.29, 0.717) is 5.92 Å². The highest BCUT2D eigenvalue weighted by molar-refractivity contribution is 5.95. The summed E-state index contributed by atoms with van der Waals surface area (Å²) in [7, 11) is 0. The van der Waals surface area contributed by atoms with Crippen molar-refractivity contribution >= 4 is 10.8 Å². The van der Waals surface area contributed by atoms with Crippen LogP contribution in [-0.2, 0) is 5.41 Å². The molecule has 1 aliphatic rings. The van der Waals surface area contributed by atoms with Gasteiger partial charge < -0.3 is 0 Å². The first-order chi connectivity index (χ1) is 13.8. The SMILES string of the molecule is Cc1cc(-c2nccc3cc(C(C)C4CCCCC4)ccc23)cc(C(C)(C)C)c1. The first-order valence-corrected chi connectivity index (χ1v) is 11.3. The van der Waals surface area contributed by atoms with E-state index in [0.717, 1.165) is 11.6 Å². The van der Waals surface area contributed by atoms with Crippen molar-refractivity contribution in [1.29, 1.82) is 0 Å². The molecule has 1 saturated carbocycles. The standard InChI is InChI=1S/C28H35N/c1-19-15-24(18-25(16-19)28(3,4)5)27-26-12-11-22(17-23(26)13-14-29-27)20(2)21-9-7-6-8-10-21/h11-18,20-21H,6-10H2,1-5H3. The van der Waals surface area contributed by atoms with E-state index < -0.39 is 0 Å². The first kappa shape index (κ1) is 20.1. The van der Waals surface area contributed by atoms with Gasteiger partial charge in [0.1, 0.15) is 0 Å². The van der Waals surface area contributed by atoms with Gasteiger partial charge in [0.05, 0.1) is 5.69 Å². The van der Waals surface area contributed by atoms with Gasteiger partial charge in [-0.2, -0.15) is 0 Å². The van der Waals surface area contributed by atoms with Crippen LogP contribution in [0.25, 0.3) is 22.0 Å². The number of rotatable bonds is 3. The monoisotopic (exact) mass is 385 g/mol. The van der Waals surface area contributed by atoms with Crippen LogP contribution >= 0.6 is 0 Å². The van der Waals surface area contributed by atoms with Crippen LogP contribution in [0.1, 0.15) is 82.4 Å². The van der Waals surface area contributed by atoms with E-state index in [9.17, 15) is 0 Å². The fraction of sp³-hybridized carbons (Fsp3) is 0.464. The number of aromatic nitrogens is 1. The average Bonchev–Trinajstić information content (AvgIpc) is 2.72. The summed E-state index contributed by atoms with van der Waals surface area (Å²) >= 11 is 0. The second-order valence-electron chi connectivity index (χ2n) is 10.2. The Bertz CT molecular complexity index is 1000. The summed E-state index contributed by atoms with van der Waals surface area (Å²) in [6.45, 7) is 11.5. The van der Waals surface area contributed by atoms with Gasteiger partial charge in [-0.1, -0.05) is 76.8 Å². The third kappa shape index (κ3) is 4.25. The molecule has 0 aliphatic heterocycles. The van der Waals surface area contributed by atoms with E-state index in [1.807, 2.05) is 6.20 Å². The van der Waals surface area contributed by atoms with Crippen molar-refractivity contribution in [2.45, 2.75) is 78.1 Å². The van der Waals surface area contributed by atoms with Crippen LogP contribution in [0.5, 0.6) is 0 Å². The van der Waals surface area contributed by atoms with Crippen molar-refractivity contribution in [1.82, 2.24) is 4.98 Å². The normalized spacial score (nSPS) is 16.9. The Morgan fingerprint density at radius 2 is 1.69 bits per heavy atom. The molecular formula is C28H35N. The second-order valence-corrected chi connectivity index (χ2v) is 10.2. The fourth-order valence-electron chi connectivity index (χ4n) is 4.97. The largest absolute Gasteiger partial charge is 0.256 e. The summed E-state index contributed by atoms with van der Waals surface area (Å²) in [5.74, 6) is 1.48. The number of aryl methyl sites for hydroxylation is 1. The highest BCUT2D eigenvalue weighted by atomic mass is 14.7. The zero-order valence-electron chi connectivity index (χ0n) is 18.8. The molecule has 1 heteroatoms. The van der Waals surface area contributed by atoms with Gasteiger partial charge in [-0.25, -0.2) is 0 Å². The maximum absolute atomic E-state index is 4.81. The molecule has 0 bridgehead atoms. The van der Waals surface area contributed by atoms with Gasteiger partial charge in [-0.3, -0.25) is 4.98 Å². The maximum Gasteiger partial charge on any atom is 0.0780 e. The number of benzene rings is 2. The van der Waals surface area contributed by atoms with Crippen molar-refractivity contribution < 1.29 is 0 Å². The summed E-state index contributed by atoms with van der Waals surface area (Å²) in [5, 5.41) is 2.58. The van der Waals surface area contributed by atoms with Crippen LogP contribution in [0.2, 0.25) is 0 Å². The fourth-order valence-corrected chi connectivity index (χ4v) is 4.97. The van der Waals surface area contributed by atoms with Crippen LogP contribution in [0, 0.1) is 12.8 Å². The number of fused-ring (bicyclic) bond motifs is 1. The lowest BCUT2D eigenvalue weighted by molar-refractivity contribution is 0.316.